The first-order valence-electron chi connectivity index (χ1n) is 8.04. The standard InChI is InChI=1S/C16H22N4O5S/c1-23-12-9-11-13(15(25-3)14(12)24-2)17-10-18-16(11)19-5-7-20(8-6-19)26(4,21)22/h9-10H,5-8H2,1-4H3. The first-order valence-corrected chi connectivity index (χ1v) is 9.89. The Morgan fingerprint density at radius 3 is 2.15 bits per heavy atom. The number of aromatic nitrogens is 2. The van der Waals surface area contributed by atoms with E-state index in [0.29, 0.717) is 54.8 Å². The summed E-state index contributed by atoms with van der Waals surface area (Å²) in [5, 5.41) is 0.759. The summed E-state index contributed by atoms with van der Waals surface area (Å²) >= 11 is 0. The third kappa shape index (κ3) is 3.21. The van der Waals surface area contributed by atoms with Gasteiger partial charge in [-0.25, -0.2) is 18.4 Å². The number of fused-ring (bicyclic) bond motifs is 1. The van der Waals surface area contributed by atoms with E-state index in [9.17, 15) is 8.42 Å². The molecule has 9 nitrogen and oxygen atoms in total. The number of anilines is 1. The van der Waals surface area contributed by atoms with Crippen LogP contribution in [0.2, 0.25) is 0 Å². The second-order valence-corrected chi connectivity index (χ2v) is 7.87. The normalized spacial score (nSPS) is 15.9. The first kappa shape index (κ1) is 18.5. The fourth-order valence-electron chi connectivity index (χ4n) is 3.13. The summed E-state index contributed by atoms with van der Waals surface area (Å²) in [5.41, 5.74) is 0.612. The van der Waals surface area contributed by atoms with Crippen molar-refractivity contribution in [3.05, 3.63) is 12.4 Å². The lowest BCUT2D eigenvalue weighted by Crippen LogP contribution is -2.48. The summed E-state index contributed by atoms with van der Waals surface area (Å²) in [7, 11) is 1.45. The summed E-state index contributed by atoms with van der Waals surface area (Å²) in [4.78, 5) is 10.8. The van der Waals surface area contributed by atoms with Crippen molar-refractivity contribution in [1.29, 1.82) is 0 Å². The predicted octanol–water partition coefficient (Wildman–Crippen LogP) is 0.737. The number of nitrogens with zero attached hydrogens (tertiary/aromatic N) is 4. The van der Waals surface area contributed by atoms with Gasteiger partial charge in [0.1, 0.15) is 17.7 Å². The Bertz CT molecular complexity index is 910. The quantitative estimate of drug-likeness (QED) is 0.747. The van der Waals surface area contributed by atoms with Crippen LogP contribution in [0.3, 0.4) is 0 Å². The maximum Gasteiger partial charge on any atom is 0.211 e. The van der Waals surface area contributed by atoms with Crippen molar-refractivity contribution in [3.8, 4) is 17.2 Å². The van der Waals surface area contributed by atoms with Crippen LogP contribution in [-0.2, 0) is 10.0 Å². The van der Waals surface area contributed by atoms with E-state index in [1.165, 1.54) is 16.9 Å². The number of ether oxygens (including phenoxy) is 3. The van der Waals surface area contributed by atoms with Crippen molar-refractivity contribution in [2.75, 3.05) is 58.7 Å². The number of hydrogen-bond acceptors (Lipinski definition) is 8. The topological polar surface area (TPSA) is 94.1 Å². The first-order chi connectivity index (χ1) is 12.4. The molecule has 10 heteroatoms. The van der Waals surface area contributed by atoms with Crippen LogP contribution < -0.4 is 19.1 Å². The average molecular weight is 382 g/mol. The molecule has 1 fully saturated rings. The molecule has 1 saturated heterocycles. The molecular formula is C16H22N4O5S. The van der Waals surface area contributed by atoms with E-state index in [0.717, 1.165) is 5.39 Å². The van der Waals surface area contributed by atoms with Gasteiger partial charge in [-0.3, -0.25) is 0 Å². The molecule has 0 bridgehead atoms. The summed E-state index contributed by atoms with van der Waals surface area (Å²) in [6, 6.07) is 1.81. The van der Waals surface area contributed by atoms with Crippen LogP contribution in [0.1, 0.15) is 0 Å². The highest BCUT2D eigenvalue weighted by Crippen LogP contribution is 2.44. The van der Waals surface area contributed by atoms with E-state index >= 15 is 0 Å². The molecule has 0 saturated carbocycles. The SMILES string of the molecule is COc1cc2c(N3CCN(S(C)(=O)=O)CC3)ncnc2c(OC)c1OC. The summed E-state index contributed by atoms with van der Waals surface area (Å²) in [6.45, 7) is 1.90. The van der Waals surface area contributed by atoms with Crippen molar-refractivity contribution < 1.29 is 22.6 Å². The molecule has 1 aliphatic rings. The van der Waals surface area contributed by atoms with Gasteiger partial charge in [0.2, 0.25) is 15.8 Å². The summed E-state index contributed by atoms with van der Waals surface area (Å²) in [6.07, 6.45) is 2.69. The lowest BCUT2D eigenvalue weighted by atomic mass is 10.1. The average Bonchev–Trinajstić information content (AvgIpc) is 2.65. The Labute approximate surface area is 152 Å². The van der Waals surface area contributed by atoms with Gasteiger partial charge in [0.25, 0.3) is 0 Å². The lowest BCUT2D eigenvalue weighted by molar-refractivity contribution is 0.327. The van der Waals surface area contributed by atoms with E-state index in [4.69, 9.17) is 14.2 Å². The monoisotopic (exact) mass is 382 g/mol. The second-order valence-electron chi connectivity index (χ2n) is 5.89. The highest BCUT2D eigenvalue weighted by Gasteiger charge is 2.27. The number of sulfonamides is 1. The minimum atomic E-state index is -3.19. The van der Waals surface area contributed by atoms with Crippen LogP contribution in [0.15, 0.2) is 12.4 Å². The van der Waals surface area contributed by atoms with E-state index < -0.39 is 10.0 Å². The molecule has 0 atom stereocenters. The maximum absolute atomic E-state index is 11.7. The van der Waals surface area contributed by atoms with Gasteiger partial charge in [0.05, 0.1) is 33.0 Å². The number of piperazine rings is 1. The number of benzene rings is 1. The molecule has 142 valence electrons. The van der Waals surface area contributed by atoms with Crippen molar-refractivity contribution in [2.45, 2.75) is 0 Å². The van der Waals surface area contributed by atoms with Crippen LogP contribution >= 0.6 is 0 Å². The van der Waals surface area contributed by atoms with Crippen LogP contribution in [0.4, 0.5) is 5.82 Å². The Morgan fingerprint density at radius 1 is 0.962 bits per heavy atom. The van der Waals surface area contributed by atoms with Gasteiger partial charge < -0.3 is 19.1 Å². The molecule has 3 rings (SSSR count). The van der Waals surface area contributed by atoms with E-state index in [1.807, 2.05) is 11.0 Å². The molecule has 0 radical (unpaired) electrons. The molecule has 1 aromatic heterocycles. The highest BCUT2D eigenvalue weighted by atomic mass is 32.2. The molecule has 1 aliphatic heterocycles. The van der Waals surface area contributed by atoms with Gasteiger partial charge in [-0.15, -0.1) is 0 Å². The fourth-order valence-corrected chi connectivity index (χ4v) is 3.96. The van der Waals surface area contributed by atoms with Crippen molar-refractivity contribution >= 4 is 26.7 Å². The molecule has 0 spiro atoms. The largest absolute Gasteiger partial charge is 0.493 e. The van der Waals surface area contributed by atoms with Crippen molar-refractivity contribution in [2.24, 2.45) is 0 Å². The van der Waals surface area contributed by atoms with Gasteiger partial charge in [-0.1, -0.05) is 0 Å². The molecule has 0 unspecified atom stereocenters. The van der Waals surface area contributed by atoms with Crippen LogP contribution in [0.5, 0.6) is 17.2 Å². The Balaban J connectivity index is 2.05. The highest BCUT2D eigenvalue weighted by molar-refractivity contribution is 7.88. The number of hydrogen-bond donors (Lipinski definition) is 0. The number of methoxy groups -OCH3 is 3. The van der Waals surface area contributed by atoms with Gasteiger partial charge in [-0.2, -0.15) is 4.31 Å². The van der Waals surface area contributed by atoms with Crippen LogP contribution in [0.25, 0.3) is 10.9 Å². The van der Waals surface area contributed by atoms with Gasteiger partial charge >= 0.3 is 0 Å². The minimum Gasteiger partial charge on any atom is -0.493 e. The third-order valence-electron chi connectivity index (χ3n) is 4.42. The van der Waals surface area contributed by atoms with Crippen LogP contribution in [-0.4, -0.2) is 76.5 Å². The third-order valence-corrected chi connectivity index (χ3v) is 5.72. The predicted molar refractivity (Wildman–Crippen MR) is 97.8 cm³/mol. The van der Waals surface area contributed by atoms with Gasteiger partial charge in [0, 0.05) is 26.2 Å². The second kappa shape index (κ2) is 7.12. The molecule has 0 N–H and O–H groups in total. The van der Waals surface area contributed by atoms with Crippen molar-refractivity contribution in [3.63, 3.8) is 0 Å². The summed E-state index contributed by atoms with van der Waals surface area (Å²) in [5.74, 6) is 2.17. The van der Waals surface area contributed by atoms with E-state index in [-0.39, 0.29) is 0 Å². The molecule has 0 aliphatic carbocycles. The van der Waals surface area contributed by atoms with Crippen LogP contribution in [0, 0.1) is 0 Å². The van der Waals surface area contributed by atoms with Crippen molar-refractivity contribution in [1.82, 2.24) is 14.3 Å². The zero-order valence-corrected chi connectivity index (χ0v) is 16.0. The molecule has 26 heavy (non-hydrogen) atoms. The molecular weight excluding hydrogens is 360 g/mol. The van der Waals surface area contributed by atoms with Gasteiger partial charge in [0.15, 0.2) is 11.5 Å². The van der Waals surface area contributed by atoms with Gasteiger partial charge in [-0.05, 0) is 6.07 Å². The fraction of sp³-hybridized carbons (Fsp3) is 0.500. The zero-order chi connectivity index (χ0) is 18.9. The zero-order valence-electron chi connectivity index (χ0n) is 15.2. The Hall–Kier alpha value is -2.33. The molecule has 2 heterocycles. The number of rotatable bonds is 5. The Morgan fingerprint density at radius 2 is 1.62 bits per heavy atom. The minimum absolute atomic E-state index is 0.411. The molecule has 2 aromatic rings. The Kier molecular flexibility index (Phi) is 5.05. The molecule has 1 aromatic carbocycles. The smallest absolute Gasteiger partial charge is 0.211 e. The van der Waals surface area contributed by atoms with E-state index in [1.54, 1.807) is 21.3 Å². The maximum atomic E-state index is 11.7. The van der Waals surface area contributed by atoms with E-state index in [2.05, 4.69) is 9.97 Å². The summed E-state index contributed by atoms with van der Waals surface area (Å²) < 4.78 is 41.2. The molecule has 0 amide bonds. The lowest BCUT2D eigenvalue weighted by Gasteiger charge is -2.34.